The largest absolute Gasteiger partial charge is 0.373 e. The van der Waals surface area contributed by atoms with E-state index >= 15 is 0 Å². The van der Waals surface area contributed by atoms with Crippen LogP contribution in [0.25, 0.3) is 0 Å². The van der Waals surface area contributed by atoms with Gasteiger partial charge in [-0.25, -0.2) is 0 Å². The highest BCUT2D eigenvalue weighted by atomic mass is 16.7. The van der Waals surface area contributed by atoms with Gasteiger partial charge in [-0.2, -0.15) is 11.0 Å². The summed E-state index contributed by atoms with van der Waals surface area (Å²) in [6.07, 6.45) is 4.88. The molecule has 78 valence electrons. The molecule has 0 bridgehead atoms. The molecule has 0 saturated heterocycles. The molecule has 0 radical (unpaired) electrons. The van der Waals surface area contributed by atoms with Gasteiger partial charge in [0.2, 0.25) is 0 Å². The molecule has 1 rings (SSSR count). The van der Waals surface area contributed by atoms with Crippen molar-refractivity contribution in [3.63, 3.8) is 0 Å². The normalized spacial score (nSPS) is 12.5. The third kappa shape index (κ3) is 3.18. The molecule has 5 nitrogen and oxygen atoms in total. The van der Waals surface area contributed by atoms with Gasteiger partial charge >= 0.3 is 5.97 Å². The van der Waals surface area contributed by atoms with E-state index in [9.17, 15) is 4.79 Å². The minimum Gasteiger partial charge on any atom is -0.373 e. The predicted molar refractivity (Wildman–Crippen MR) is 51.0 cm³/mol. The third-order valence-corrected chi connectivity index (χ3v) is 1.99. The number of carbonyl (C=O) groups is 1. The summed E-state index contributed by atoms with van der Waals surface area (Å²) in [7, 11) is 1.86. The fraction of sp³-hybridized carbons (Fsp3) is 0.556. The first-order valence-corrected chi connectivity index (χ1v) is 4.49. The Kier molecular flexibility index (Phi) is 3.64. The molecule has 1 atom stereocenters. The molecule has 0 aliphatic heterocycles. The Morgan fingerprint density at radius 3 is 3.00 bits per heavy atom. The topological polar surface area (TPSA) is 70.1 Å². The number of nitrogens with two attached hydrogens (primary N) is 1. The number of rotatable bonds is 4. The second-order valence-electron chi connectivity index (χ2n) is 3.53. The maximum atomic E-state index is 10.8. The first-order valence-electron chi connectivity index (χ1n) is 4.49. The van der Waals surface area contributed by atoms with Crippen molar-refractivity contribution in [3.8, 4) is 0 Å². The quantitative estimate of drug-likeness (QED) is 0.709. The Labute approximate surface area is 82.8 Å². The van der Waals surface area contributed by atoms with Gasteiger partial charge in [-0.1, -0.05) is 6.92 Å². The summed E-state index contributed by atoms with van der Waals surface area (Å²) in [5.41, 5.74) is 1.12. The lowest BCUT2D eigenvalue weighted by Crippen LogP contribution is -2.14. The number of aryl methyl sites for hydroxylation is 1. The van der Waals surface area contributed by atoms with Crippen molar-refractivity contribution in [1.82, 2.24) is 9.78 Å². The van der Waals surface area contributed by atoms with Gasteiger partial charge < -0.3 is 4.84 Å². The van der Waals surface area contributed by atoms with Crippen LogP contribution in [0.15, 0.2) is 12.4 Å². The number of hydrogen-bond donors (Lipinski definition) is 1. The van der Waals surface area contributed by atoms with E-state index in [1.54, 1.807) is 10.9 Å². The summed E-state index contributed by atoms with van der Waals surface area (Å²) in [4.78, 5) is 15.0. The molecule has 0 aliphatic rings. The Morgan fingerprint density at radius 1 is 1.79 bits per heavy atom. The number of carbonyl (C=O) groups excluding carboxylic acids is 1. The zero-order valence-corrected chi connectivity index (χ0v) is 8.43. The zero-order valence-electron chi connectivity index (χ0n) is 8.43. The Balaban J connectivity index is 2.41. The third-order valence-electron chi connectivity index (χ3n) is 1.99. The van der Waals surface area contributed by atoms with Crippen molar-refractivity contribution in [2.45, 2.75) is 19.8 Å². The molecule has 0 saturated carbocycles. The van der Waals surface area contributed by atoms with E-state index in [-0.39, 0.29) is 11.9 Å². The Bertz CT molecular complexity index is 309. The predicted octanol–water partition coefficient (Wildman–Crippen LogP) is 0.406. The van der Waals surface area contributed by atoms with Gasteiger partial charge in [-0.05, 0) is 17.9 Å². The molecule has 0 spiro atoms. The fourth-order valence-electron chi connectivity index (χ4n) is 1.38. The molecule has 1 aromatic rings. The lowest BCUT2D eigenvalue weighted by molar-refractivity contribution is -0.145. The Hall–Kier alpha value is -1.36. The summed E-state index contributed by atoms with van der Waals surface area (Å²) in [6.45, 7) is 1.98. The SMILES string of the molecule is CC(CC(=O)ON)Cc1cnn(C)c1. The summed E-state index contributed by atoms with van der Waals surface area (Å²) in [6, 6.07) is 0. The molecule has 5 heteroatoms. The average Bonchev–Trinajstić information content (AvgIpc) is 2.50. The van der Waals surface area contributed by atoms with Gasteiger partial charge in [0, 0.05) is 13.2 Å². The van der Waals surface area contributed by atoms with E-state index in [1.807, 2.05) is 20.2 Å². The number of hydrogen-bond acceptors (Lipinski definition) is 4. The molecular weight excluding hydrogens is 182 g/mol. The van der Waals surface area contributed by atoms with Crippen LogP contribution in [0.5, 0.6) is 0 Å². The van der Waals surface area contributed by atoms with E-state index in [1.165, 1.54) is 0 Å². The summed E-state index contributed by atoms with van der Waals surface area (Å²) < 4.78 is 1.74. The molecule has 0 aliphatic carbocycles. The van der Waals surface area contributed by atoms with Gasteiger partial charge in [0.05, 0.1) is 12.6 Å². The molecule has 1 heterocycles. The highest BCUT2D eigenvalue weighted by molar-refractivity contribution is 5.69. The first-order chi connectivity index (χ1) is 6.61. The molecule has 2 N–H and O–H groups in total. The second kappa shape index (κ2) is 4.76. The van der Waals surface area contributed by atoms with Crippen LogP contribution in [0, 0.1) is 5.92 Å². The number of aromatic nitrogens is 2. The molecule has 1 unspecified atom stereocenters. The van der Waals surface area contributed by atoms with Crippen molar-refractivity contribution in [3.05, 3.63) is 18.0 Å². The van der Waals surface area contributed by atoms with Crippen LogP contribution in [0.2, 0.25) is 0 Å². The molecule has 1 aromatic heterocycles. The molecule has 0 fully saturated rings. The highest BCUT2D eigenvalue weighted by Gasteiger charge is 2.10. The molecular formula is C9H15N3O2. The molecule has 0 amide bonds. The van der Waals surface area contributed by atoms with E-state index in [4.69, 9.17) is 5.90 Å². The summed E-state index contributed by atoms with van der Waals surface area (Å²) in [5.74, 6) is 4.60. The van der Waals surface area contributed by atoms with E-state index < -0.39 is 0 Å². The van der Waals surface area contributed by atoms with Crippen LogP contribution in [0.3, 0.4) is 0 Å². The van der Waals surface area contributed by atoms with Gasteiger partial charge in [-0.15, -0.1) is 0 Å². The smallest absolute Gasteiger partial charge is 0.324 e. The van der Waals surface area contributed by atoms with E-state index in [0.29, 0.717) is 6.42 Å². The maximum absolute atomic E-state index is 10.8. The minimum atomic E-state index is -0.374. The second-order valence-corrected chi connectivity index (χ2v) is 3.53. The summed E-state index contributed by atoms with van der Waals surface area (Å²) in [5, 5.41) is 4.04. The lowest BCUT2D eigenvalue weighted by Gasteiger charge is -2.06. The molecule has 14 heavy (non-hydrogen) atoms. The van der Waals surface area contributed by atoms with Crippen LogP contribution in [0.1, 0.15) is 18.9 Å². The van der Waals surface area contributed by atoms with Gasteiger partial charge in [0.15, 0.2) is 0 Å². The maximum Gasteiger partial charge on any atom is 0.324 e. The Morgan fingerprint density at radius 2 is 2.50 bits per heavy atom. The van der Waals surface area contributed by atoms with Crippen LogP contribution >= 0.6 is 0 Å². The minimum absolute atomic E-state index is 0.218. The van der Waals surface area contributed by atoms with Crippen LogP contribution in [0.4, 0.5) is 0 Å². The van der Waals surface area contributed by atoms with Gasteiger partial charge in [-0.3, -0.25) is 9.48 Å². The number of nitrogens with zero attached hydrogens (tertiary/aromatic N) is 2. The van der Waals surface area contributed by atoms with Crippen LogP contribution in [-0.4, -0.2) is 15.7 Å². The van der Waals surface area contributed by atoms with Gasteiger partial charge in [0.25, 0.3) is 0 Å². The van der Waals surface area contributed by atoms with Crippen molar-refractivity contribution in [2.24, 2.45) is 18.9 Å². The lowest BCUT2D eigenvalue weighted by atomic mass is 10.0. The standard InChI is InChI=1S/C9H15N3O2/c1-7(4-9(13)14-10)3-8-5-11-12(2)6-8/h5-7H,3-4,10H2,1-2H3. The van der Waals surface area contributed by atoms with Crippen LogP contribution < -0.4 is 5.90 Å². The van der Waals surface area contributed by atoms with Crippen molar-refractivity contribution in [1.29, 1.82) is 0 Å². The highest BCUT2D eigenvalue weighted by Crippen LogP contribution is 2.11. The van der Waals surface area contributed by atoms with E-state index in [0.717, 1.165) is 12.0 Å². The monoisotopic (exact) mass is 197 g/mol. The van der Waals surface area contributed by atoms with Crippen molar-refractivity contribution >= 4 is 5.97 Å². The summed E-state index contributed by atoms with van der Waals surface area (Å²) >= 11 is 0. The van der Waals surface area contributed by atoms with Crippen LogP contribution in [-0.2, 0) is 23.1 Å². The molecule has 0 aromatic carbocycles. The van der Waals surface area contributed by atoms with Crippen molar-refractivity contribution in [2.75, 3.05) is 0 Å². The zero-order chi connectivity index (χ0) is 10.6. The van der Waals surface area contributed by atoms with Gasteiger partial charge in [0.1, 0.15) is 0 Å². The first kappa shape index (κ1) is 10.7. The van der Waals surface area contributed by atoms with Crippen molar-refractivity contribution < 1.29 is 9.63 Å². The van der Waals surface area contributed by atoms with E-state index in [2.05, 4.69) is 9.94 Å². The average molecular weight is 197 g/mol. The fourth-order valence-corrected chi connectivity index (χ4v) is 1.38.